The normalized spacial score (nSPS) is 11.2. The van der Waals surface area contributed by atoms with Crippen molar-refractivity contribution in [1.82, 2.24) is 0 Å². The highest BCUT2D eigenvalue weighted by molar-refractivity contribution is 5.91. The van der Waals surface area contributed by atoms with Crippen LogP contribution in [0.2, 0.25) is 0 Å². The molecule has 6 heteroatoms. The van der Waals surface area contributed by atoms with E-state index in [1.165, 1.54) is 43.5 Å². The zero-order valence-electron chi connectivity index (χ0n) is 12.6. The first-order chi connectivity index (χ1) is 10.9. The molecule has 0 heterocycles. The Morgan fingerprint density at radius 3 is 2.65 bits per heavy atom. The van der Waals surface area contributed by atoms with Gasteiger partial charge in [-0.1, -0.05) is 18.2 Å². The van der Waals surface area contributed by atoms with Gasteiger partial charge in [0.1, 0.15) is 5.82 Å². The Balaban J connectivity index is 2.50. The zero-order chi connectivity index (χ0) is 17.0. The Labute approximate surface area is 132 Å². The molecule has 2 rings (SSSR count). The topological polar surface area (TPSA) is 69.4 Å². The number of carbonyl (C=O) groups is 1. The van der Waals surface area contributed by atoms with Gasteiger partial charge in [-0.25, -0.2) is 9.18 Å². The maximum absolute atomic E-state index is 14.1. The molecule has 0 N–H and O–H groups in total. The molecule has 0 fully saturated rings. The molecule has 2 aromatic rings. The summed E-state index contributed by atoms with van der Waals surface area (Å²) in [7, 11) is 1.27. The lowest BCUT2D eigenvalue weighted by molar-refractivity contribution is -0.384. The first kappa shape index (κ1) is 16.4. The standard InChI is InChI=1S/C17H14FNO4/c1-11(8-17(20)23-2)12-6-7-16(18)15(10-12)13-4-3-5-14(9-13)19(21)22/h3-10H,1-2H3/b11-8+. The van der Waals surface area contributed by atoms with Crippen molar-refractivity contribution in [3.05, 3.63) is 70.0 Å². The van der Waals surface area contributed by atoms with Crippen molar-refractivity contribution in [3.63, 3.8) is 0 Å². The summed E-state index contributed by atoms with van der Waals surface area (Å²) in [6.45, 7) is 1.70. The molecule has 0 aliphatic heterocycles. The Morgan fingerprint density at radius 1 is 1.26 bits per heavy atom. The van der Waals surface area contributed by atoms with E-state index in [1.807, 2.05) is 0 Å². The molecular weight excluding hydrogens is 301 g/mol. The van der Waals surface area contributed by atoms with Gasteiger partial charge in [0.2, 0.25) is 0 Å². The number of nitro groups is 1. The summed E-state index contributed by atoms with van der Waals surface area (Å²) in [5.41, 5.74) is 1.73. The number of hydrogen-bond acceptors (Lipinski definition) is 4. The SMILES string of the molecule is COC(=O)/C=C(\C)c1ccc(F)c(-c2cccc([N+](=O)[O-])c2)c1. The molecule has 118 valence electrons. The molecule has 2 aromatic carbocycles. The van der Waals surface area contributed by atoms with E-state index < -0.39 is 16.7 Å². The minimum atomic E-state index is -0.534. The second-order valence-corrected chi connectivity index (χ2v) is 4.85. The number of halogens is 1. The third-order valence-electron chi connectivity index (χ3n) is 3.33. The van der Waals surface area contributed by atoms with Crippen LogP contribution in [0.4, 0.5) is 10.1 Å². The number of methoxy groups -OCH3 is 1. The lowest BCUT2D eigenvalue weighted by Gasteiger charge is -2.08. The van der Waals surface area contributed by atoms with Crippen molar-refractivity contribution < 1.29 is 18.8 Å². The quantitative estimate of drug-likeness (QED) is 0.370. The van der Waals surface area contributed by atoms with Crippen LogP contribution in [0.5, 0.6) is 0 Å². The Kier molecular flexibility index (Phi) is 4.85. The summed E-state index contributed by atoms with van der Waals surface area (Å²) in [5.74, 6) is -1.01. The second kappa shape index (κ2) is 6.83. The Hall–Kier alpha value is -3.02. The molecule has 0 unspecified atom stereocenters. The van der Waals surface area contributed by atoms with Gasteiger partial charge in [0, 0.05) is 23.8 Å². The molecule has 0 radical (unpaired) electrons. The van der Waals surface area contributed by atoms with Gasteiger partial charge in [0.05, 0.1) is 12.0 Å². The fourth-order valence-corrected chi connectivity index (χ4v) is 2.10. The first-order valence-corrected chi connectivity index (χ1v) is 6.73. The molecule has 5 nitrogen and oxygen atoms in total. The molecule has 0 aliphatic carbocycles. The molecule has 0 saturated carbocycles. The molecule has 0 amide bonds. The average Bonchev–Trinajstić information content (AvgIpc) is 2.55. The van der Waals surface area contributed by atoms with Crippen molar-refractivity contribution in [2.75, 3.05) is 7.11 Å². The van der Waals surface area contributed by atoms with Crippen LogP contribution in [0.15, 0.2) is 48.5 Å². The van der Waals surface area contributed by atoms with Gasteiger partial charge < -0.3 is 4.74 Å². The van der Waals surface area contributed by atoms with E-state index in [-0.39, 0.29) is 11.3 Å². The summed E-state index contributed by atoms with van der Waals surface area (Å²) < 4.78 is 18.7. The van der Waals surface area contributed by atoms with Crippen molar-refractivity contribution in [1.29, 1.82) is 0 Å². The van der Waals surface area contributed by atoms with Gasteiger partial charge in [-0.2, -0.15) is 0 Å². The van der Waals surface area contributed by atoms with Crippen molar-refractivity contribution in [2.24, 2.45) is 0 Å². The number of hydrogen-bond donors (Lipinski definition) is 0. The van der Waals surface area contributed by atoms with Crippen LogP contribution >= 0.6 is 0 Å². The van der Waals surface area contributed by atoms with Crippen LogP contribution in [0.3, 0.4) is 0 Å². The largest absolute Gasteiger partial charge is 0.466 e. The predicted octanol–water partition coefficient (Wildman–Crippen LogP) is 3.98. The minimum Gasteiger partial charge on any atom is -0.466 e. The van der Waals surface area contributed by atoms with Crippen LogP contribution in [0.1, 0.15) is 12.5 Å². The lowest BCUT2D eigenvalue weighted by Crippen LogP contribution is -1.96. The summed E-state index contributed by atoms with van der Waals surface area (Å²) in [4.78, 5) is 21.6. The zero-order valence-corrected chi connectivity index (χ0v) is 12.6. The number of benzene rings is 2. The molecule has 0 saturated heterocycles. The highest BCUT2D eigenvalue weighted by Crippen LogP contribution is 2.29. The minimum absolute atomic E-state index is 0.117. The van der Waals surface area contributed by atoms with E-state index in [2.05, 4.69) is 4.74 Å². The smallest absolute Gasteiger partial charge is 0.330 e. The third-order valence-corrected chi connectivity index (χ3v) is 3.33. The summed E-state index contributed by atoms with van der Waals surface area (Å²) in [5, 5.41) is 10.9. The van der Waals surface area contributed by atoms with E-state index in [9.17, 15) is 19.3 Å². The van der Waals surface area contributed by atoms with Crippen LogP contribution in [0.25, 0.3) is 16.7 Å². The van der Waals surface area contributed by atoms with Gasteiger partial charge in [0.25, 0.3) is 5.69 Å². The number of rotatable bonds is 4. The second-order valence-electron chi connectivity index (χ2n) is 4.85. The summed E-state index contributed by atoms with van der Waals surface area (Å²) in [6, 6.07) is 10.1. The highest BCUT2D eigenvalue weighted by atomic mass is 19.1. The number of esters is 1. The van der Waals surface area contributed by atoms with Crippen LogP contribution in [0, 0.1) is 15.9 Å². The van der Waals surface area contributed by atoms with Gasteiger partial charge >= 0.3 is 5.97 Å². The molecule has 0 spiro atoms. The number of carbonyl (C=O) groups excluding carboxylic acids is 1. The van der Waals surface area contributed by atoms with Crippen LogP contribution < -0.4 is 0 Å². The number of nitrogens with zero attached hydrogens (tertiary/aromatic N) is 1. The summed E-state index contributed by atoms with van der Waals surface area (Å²) in [6.07, 6.45) is 1.30. The van der Waals surface area contributed by atoms with Gasteiger partial charge in [-0.3, -0.25) is 10.1 Å². The Morgan fingerprint density at radius 2 is 2.00 bits per heavy atom. The molecule has 0 bridgehead atoms. The fourth-order valence-electron chi connectivity index (χ4n) is 2.10. The number of non-ortho nitro benzene ring substituents is 1. The van der Waals surface area contributed by atoms with Crippen molar-refractivity contribution in [2.45, 2.75) is 6.92 Å². The van der Waals surface area contributed by atoms with E-state index in [0.29, 0.717) is 16.7 Å². The number of nitro benzene ring substituents is 1. The van der Waals surface area contributed by atoms with Crippen molar-refractivity contribution >= 4 is 17.2 Å². The van der Waals surface area contributed by atoms with Crippen LogP contribution in [-0.4, -0.2) is 18.0 Å². The monoisotopic (exact) mass is 315 g/mol. The van der Waals surface area contributed by atoms with Crippen LogP contribution in [-0.2, 0) is 9.53 Å². The molecule has 0 aliphatic rings. The third kappa shape index (κ3) is 3.79. The highest BCUT2D eigenvalue weighted by Gasteiger charge is 2.12. The summed E-state index contributed by atoms with van der Waals surface area (Å²) >= 11 is 0. The lowest BCUT2D eigenvalue weighted by atomic mass is 9.98. The van der Waals surface area contributed by atoms with Crippen molar-refractivity contribution in [3.8, 4) is 11.1 Å². The first-order valence-electron chi connectivity index (χ1n) is 6.73. The molecule has 0 atom stereocenters. The van der Waals surface area contributed by atoms with E-state index >= 15 is 0 Å². The van der Waals surface area contributed by atoms with Gasteiger partial charge in [-0.05, 0) is 35.8 Å². The van der Waals surface area contributed by atoms with E-state index in [4.69, 9.17) is 0 Å². The average molecular weight is 315 g/mol. The molecule has 23 heavy (non-hydrogen) atoms. The van der Waals surface area contributed by atoms with Gasteiger partial charge in [-0.15, -0.1) is 0 Å². The van der Waals surface area contributed by atoms with Gasteiger partial charge in [0.15, 0.2) is 0 Å². The fraction of sp³-hybridized carbons (Fsp3) is 0.118. The molecule has 0 aromatic heterocycles. The number of ether oxygens (including phenoxy) is 1. The predicted molar refractivity (Wildman–Crippen MR) is 84.2 cm³/mol. The van der Waals surface area contributed by atoms with E-state index in [1.54, 1.807) is 19.1 Å². The number of allylic oxidation sites excluding steroid dienone is 1. The Bertz CT molecular complexity index is 799. The maximum atomic E-state index is 14.1. The van der Waals surface area contributed by atoms with E-state index in [0.717, 1.165) is 0 Å². The maximum Gasteiger partial charge on any atom is 0.330 e. The molecular formula is C17H14FNO4.